The summed E-state index contributed by atoms with van der Waals surface area (Å²) in [5, 5.41) is 3.19. The lowest BCUT2D eigenvalue weighted by molar-refractivity contribution is 0.211. The van der Waals surface area contributed by atoms with Crippen LogP contribution in [0.1, 0.15) is 40.0 Å². The van der Waals surface area contributed by atoms with Gasteiger partial charge in [0.15, 0.2) is 0 Å². The summed E-state index contributed by atoms with van der Waals surface area (Å²) < 4.78 is 0. The molecular formula is C11H26N2. The van der Waals surface area contributed by atoms with Crippen molar-refractivity contribution in [1.82, 2.24) is 5.32 Å². The highest BCUT2D eigenvalue weighted by Crippen LogP contribution is 2.31. The second-order valence-electron chi connectivity index (χ2n) is 4.89. The van der Waals surface area contributed by atoms with Crippen molar-refractivity contribution in [3.8, 4) is 0 Å². The van der Waals surface area contributed by atoms with E-state index >= 15 is 0 Å². The predicted molar refractivity (Wildman–Crippen MR) is 59.8 cm³/mol. The van der Waals surface area contributed by atoms with Gasteiger partial charge in [-0.15, -0.1) is 0 Å². The second kappa shape index (κ2) is 6.39. The first-order valence-corrected chi connectivity index (χ1v) is 5.37. The molecule has 0 amide bonds. The quantitative estimate of drug-likeness (QED) is 0.623. The third-order valence-corrected chi connectivity index (χ3v) is 2.72. The van der Waals surface area contributed by atoms with Crippen molar-refractivity contribution in [2.75, 3.05) is 20.1 Å². The highest BCUT2D eigenvalue weighted by Gasteiger charge is 2.22. The van der Waals surface area contributed by atoms with E-state index in [2.05, 4.69) is 26.1 Å². The van der Waals surface area contributed by atoms with E-state index in [1.165, 1.54) is 12.8 Å². The molecule has 0 aliphatic heterocycles. The zero-order valence-electron chi connectivity index (χ0n) is 9.69. The van der Waals surface area contributed by atoms with Crippen LogP contribution in [0.3, 0.4) is 0 Å². The topological polar surface area (TPSA) is 38.0 Å². The van der Waals surface area contributed by atoms with Crippen molar-refractivity contribution in [3.05, 3.63) is 0 Å². The third-order valence-electron chi connectivity index (χ3n) is 2.72. The molecule has 0 aliphatic carbocycles. The molecule has 80 valence electrons. The van der Waals surface area contributed by atoms with Crippen molar-refractivity contribution >= 4 is 0 Å². The largest absolute Gasteiger partial charge is 0.330 e. The van der Waals surface area contributed by atoms with Crippen LogP contribution in [-0.4, -0.2) is 20.1 Å². The molecule has 3 N–H and O–H groups in total. The molecule has 0 saturated carbocycles. The molecule has 13 heavy (non-hydrogen) atoms. The van der Waals surface area contributed by atoms with E-state index in [4.69, 9.17) is 5.73 Å². The molecule has 0 aromatic heterocycles. The molecule has 0 aliphatic rings. The normalized spacial score (nSPS) is 14.5. The van der Waals surface area contributed by atoms with Crippen molar-refractivity contribution in [3.63, 3.8) is 0 Å². The number of hydrogen-bond acceptors (Lipinski definition) is 2. The van der Waals surface area contributed by atoms with Crippen molar-refractivity contribution < 1.29 is 0 Å². The maximum Gasteiger partial charge on any atom is -0.00518 e. The van der Waals surface area contributed by atoms with Crippen LogP contribution in [0.25, 0.3) is 0 Å². The summed E-state index contributed by atoms with van der Waals surface area (Å²) in [6.07, 6.45) is 3.72. The Morgan fingerprint density at radius 3 is 2.23 bits per heavy atom. The smallest absolute Gasteiger partial charge is 0.00518 e. The Balaban J connectivity index is 3.81. The average molecular weight is 186 g/mol. The Hall–Kier alpha value is -0.0800. The van der Waals surface area contributed by atoms with Crippen LogP contribution in [0.5, 0.6) is 0 Å². The van der Waals surface area contributed by atoms with Gasteiger partial charge in [-0.25, -0.2) is 0 Å². The van der Waals surface area contributed by atoms with Gasteiger partial charge in [-0.3, -0.25) is 0 Å². The molecule has 0 spiro atoms. The Kier molecular flexibility index (Phi) is 6.35. The first kappa shape index (κ1) is 12.9. The Morgan fingerprint density at radius 2 is 1.85 bits per heavy atom. The van der Waals surface area contributed by atoms with Crippen LogP contribution < -0.4 is 11.1 Å². The zero-order chi connectivity index (χ0) is 10.3. The van der Waals surface area contributed by atoms with Crippen LogP contribution in [0.2, 0.25) is 0 Å². The molecular weight excluding hydrogens is 160 g/mol. The Labute approximate surface area is 83.3 Å². The lowest BCUT2D eigenvalue weighted by atomic mass is 9.76. The summed E-state index contributed by atoms with van der Waals surface area (Å²) in [6.45, 7) is 8.88. The van der Waals surface area contributed by atoms with E-state index < -0.39 is 0 Å². The van der Waals surface area contributed by atoms with Crippen LogP contribution in [0.15, 0.2) is 0 Å². The van der Waals surface area contributed by atoms with Gasteiger partial charge in [0.05, 0.1) is 0 Å². The van der Waals surface area contributed by atoms with E-state index in [0.717, 1.165) is 25.4 Å². The number of rotatable bonds is 6. The molecule has 0 radical (unpaired) electrons. The fourth-order valence-electron chi connectivity index (χ4n) is 1.74. The molecule has 0 saturated heterocycles. The predicted octanol–water partition coefficient (Wildman–Crippen LogP) is 2.00. The van der Waals surface area contributed by atoms with E-state index in [9.17, 15) is 0 Å². The number of hydrogen-bond donors (Lipinski definition) is 2. The van der Waals surface area contributed by atoms with Crippen LogP contribution in [0, 0.1) is 11.3 Å². The second-order valence-corrected chi connectivity index (χ2v) is 4.89. The number of nitrogens with one attached hydrogen (secondary N) is 1. The maximum absolute atomic E-state index is 5.61. The molecule has 0 aromatic carbocycles. The Bertz CT molecular complexity index is 116. The number of nitrogens with two attached hydrogens (primary N) is 1. The van der Waals surface area contributed by atoms with Crippen LogP contribution in [-0.2, 0) is 0 Å². The zero-order valence-corrected chi connectivity index (χ0v) is 9.69. The molecule has 0 aromatic rings. The van der Waals surface area contributed by atoms with Gasteiger partial charge in [-0.1, -0.05) is 20.8 Å². The van der Waals surface area contributed by atoms with E-state index in [0.29, 0.717) is 5.41 Å². The fourth-order valence-corrected chi connectivity index (χ4v) is 1.74. The van der Waals surface area contributed by atoms with Gasteiger partial charge in [0.2, 0.25) is 0 Å². The molecule has 0 heterocycles. The van der Waals surface area contributed by atoms with Gasteiger partial charge < -0.3 is 11.1 Å². The van der Waals surface area contributed by atoms with Gasteiger partial charge in [0, 0.05) is 0 Å². The maximum atomic E-state index is 5.61. The summed E-state index contributed by atoms with van der Waals surface area (Å²) in [5.41, 5.74) is 6.02. The minimum absolute atomic E-state index is 0.410. The van der Waals surface area contributed by atoms with E-state index in [-0.39, 0.29) is 0 Å². The van der Waals surface area contributed by atoms with Gasteiger partial charge in [-0.05, 0) is 50.7 Å². The monoisotopic (exact) mass is 186 g/mol. The molecule has 0 rings (SSSR count). The van der Waals surface area contributed by atoms with Crippen LogP contribution >= 0.6 is 0 Å². The summed E-state index contributed by atoms with van der Waals surface area (Å²) in [6, 6.07) is 0. The average Bonchev–Trinajstić information content (AvgIpc) is 2.01. The molecule has 0 fully saturated rings. The minimum Gasteiger partial charge on any atom is -0.330 e. The molecule has 1 atom stereocenters. The summed E-state index contributed by atoms with van der Waals surface area (Å²) >= 11 is 0. The van der Waals surface area contributed by atoms with Crippen molar-refractivity contribution in [1.29, 1.82) is 0 Å². The van der Waals surface area contributed by atoms with E-state index in [1.807, 2.05) is 7.05 Å². The summed E-state index contributed by atoms with van der Waals surface area (Å²) in [7, 11) is 2.01. The first-order valence-electron chi connectivity index (χ1n) is 5.37. The summed E-state index contributed by atoms with van der Waals surface area (Å²) in [4.78, 5) is 0. The minimum atomic E-state index is 0.410. The summed E-state index contributed by atoms with van der Waals surface area (Å²) in [5.74, 6) is 0.769. The highest BCUT2D eigenvalue weighted by molar-refractivity contribution is 4.74. The fraction of sp³-hybridized carbons (Fsp3) is 1.00. The molecule has 2 nitrogen and oxygen atoms in total. The van der Waals surface area contributed by atoms with E-state index in [1.54, 1.807) is 0 Å². The molecule has 1 unspecified atom stereocenters. The van der Waals surface area contributed by atoms with Gasteiger partial charge in [0.1, 0.15) is 0 Å². The highest BCUT2D eigenvalue weighted by atomic mass is 14.8. The lowest BCUT2D eigenvalue weighted by Gasteiger charge is -2.30. The standard InChI is InChI=1S/C11H26N2/c1-11(2,3)10(7-8-12)6-5-9-13-4/h10,13H,5-9,12H2,1-4H3. The van der Waals surface area contributed by atoms with Gasteiger partial charge in [-0.2, -0.15) is 0 Å². The first-order chi connectivity index (χ1) is 6.02. The van der Waals surface area contributed by atoms with Gasteiger partial charge in [0.25, 0.3) is 0 Å². The van der Waals surface area contributed by atoms with Crippen molar-refractivity contribution in [2.24, 2.45) is 17.1 Å². The molecule has 2 heteroatoms. The Morgan fingerprint density at radius 1 is 1.23 bits per heavy atom. The van der Waals surface area contributed by atoms with Crippen LogP contribution in [0.4, 0.5) is 0 Å². The van der Waals surface area contributed by atoms with Crippen molar-refractivity contribution in [2.45, 2.75) is 40.0 Å². The third kappa shape index (κ3) is 6.05. The van der Waals surface area contributed by atoms with Gasteiger partial charge >= 0.3 is 0 Å². The lowest BCUT2D eigenvalue weighted by Crippen LogP contribution is -2.24. The molecule has 0 bridgehead atoms. The SMILES string of the molecule is CNCCCC(CCN)C(C)(C)C.